The van der Waals surface area contributed by atoms with Crippen molar-refractivity contribution in [1.29, 1.82) is 0 Å². The van der Waals surface area contributed by atoms with Gasteiger partial charge in [-0.3, -0.25) is 4.90 Å². The zero-order valence-electron chi connectivity index (χ0n) is 12.4. The highest BCUT2D eigenvalue weighted by Gasteiger charge is 2.38. The van der Waals surface area contributed by atoms with Gasteiger partial charge in [0.05, 0.1) is 12.6 Å². The molecule has 0 bridgehead atoms. The van der Waals surface area contributed by atoms with E-state index in [2.05, 4.69) is 11.2 Å². The Labute approximate surface area is 119 Å². The van der Waals surface area contributed by atoms with E-state index in [1.165, 1.54) is 4.90 Å². The number of hydrogen-bond acceptors (Lipinski definition) is 4. The number of rotatable bonds is 2. The van der Waals surface area contributed by atoms with Crippen molar-refractivity contribution < 1.29 is 19.1 Å². The van der Waals surface area contributed by atoms with E-state index in [4.69, 9.17) is 15.9 Å². The number of carbonyl (C=O) groups is 2. The maximum atomic E-state index is 12.0. The number of carbonyl (C=O) groups excluding carboxylic acids is 2. The van der Waals surface area contributed by atoms with Gasteiger partial charge in [-0.05, 0) is 27.7 Å². The molecule has 1 aliphatic heterocycles. The highest BCUT2D eigenvalue weighted by molar-refractivity contribution is 5.70. The van der Waals surface area contributed by atoms with Crippen molar-refractivity contribution in [2.24, 2.45) is 0 Å². The van der Waals surface area contributed by atoms with E-state index in [-0.39, 0.29) is 6.54 Å². The van der Waals surface area contributed by atoms with Crippen LogP contribution in [0.2, 0.25) is 0 Å². The summed E-state index contributed by atoms with van der Waals surface area (Å²) in [6.45, 7) is 7.89. The molecular weight excluding hydrogens is 260 g/mol. The molecule has 0 radical (unpaired) electrons. The highest BCUT2D eigenvalue weighted by atomic mass is 16.6. The van der Waals surface area contributed by atoms with Crippen molar-refractivity contribution in [3.05, 3.63) is 0 Å². The Kier molecular flexibility index (Phi) is 5.26. The van der Waals surface area contributed by atoms with E-state index in [0.717, 1.165) is 0 Å². The molecular formula is C14H22N2O4. The van der Waals surface area contributed by atoms with Gasteiger partial charge in [0.15, 0.2) is 0 Å². The van der Waals surface area contributed by atoms with Crippen LogP contribution in [-0.4, -0.2) is 47.9 Å². The molecule has 0 unspecified atom stereocenters. The topological polar surface area (TPSA) is 67.9 Å². The first kappa shape index (κ1) is 16.2. The van der Waals surface area contributed by atoms with E-state index >= 15 is 0 Å². The van der Waals surface area contributed by atoms with Crippen LogP contribution in [0.15, 0.2) is 0 Å². The predicted octanol–water partition coefficient (Wildman–Crippen LogP) is 1.74. The largest absolute Gasteiger partial charge is 0.444 e. The lowest BCUT2D eigenvalue weighted by Crippen LogP contribution is -2.40. The number of terminal acetylenes is 1. The zero-order valence-corrected chi connectivity index (χ0v) is 12.4. The quantitative estimate of drug-likeness (QED) is 0.783. The third kappa shape index (κ3) is 4.65. The Bertz CT molecular complexity index is 408. The summed E-state index contributed by atoms with van der Waals surface area (Å²) in [5.74, 6) is 2.53. The maximum absolute atomic E-state index is 12.0. The van der Waals surface area contributed by atoms with Gasteiger partial charge in [0.25, 0.3) is 0 Å². The summed E-state index contributed by atoms with van der Waals surface area (Å²) in [7, 11) is 0. The summed E-state index contributed by atoms with van der Waals surface area (Å²) in [4.78, 5) is 24.8. The van der Waals surface area contributed by atoms with Crippen LogP contribution in [-0.2, 0) is 9.47 Å². The lowest BCUT2D eigenvalue weighted by Gasteiger charge is -2.26. The summed E-state index contributed by atoms with van der Waals surface area (Å²) in [5.41, 5.74) is -0.589. The highest BCUT2D eigenvalue weighted by Crippen LogP contribution is 2.22. The van der Waals surface area contributed by atoms with Gasteiger partial charge in [-0.1, -0.05) is 5.92 Å². The van der Waals surface area contributed by atoms with Crippen LogP contribution in [0, 0.1) is 12.3 Å². The Morgan fingerprint density at radius 3 is 2.60 bits per heavy atom. The Hall–Kier alpha value is -1.90. The molecule has 2 atom stereocenters. The van der Waals surface area contributed by atoms with E-state index in [1.54, 1.807) is 27.7 Å². The molecule has 0 saturated carbocycles. The molecule has 112 valence electrons. The van der Waals surface area contributed by atoms with Crippen LogP contribution in [0.1, 0.15) is 34.1 Å². The molecule has 1 rings (SSSR count). The Morgan fingerprint density at radius 1 is 1.45 bits per heavy atom. The zero-order chi connectivity index (χ0) is 15.3. The van der Waals surface area contributed by atoms with Crippen molar-refractivity contribution in [2.75, 3.05) is 13.1 Å². The smallest absolute Gasteiger partial charge is 0.411 e. The molecule has 0 aromatic heterocycles. The molecule has 20 heavy (non-hydrogen) atoms. The number of nitrogens with zero attached hydrogens (tertiary/aromatic N) is 1. The normalized spacial score (nSPS) is 22.1. The number of hydrogen-bond donors (Lipinski definition) is 1. The minimum atomic E-state index is -0.589. The SMILES string of the molecule is C#C[C@H]1C[C@H](OC(=O)NCC)CN1C(=O)OC(C)(C)C. The third-order valence-corrected chi connectivity index (χ3v) is 2.68. The van der Waals surface area contributed by atoms with Crippen molar-refractivity contribution in [3.63, 3.8) is 0 Å². The van der Waals surface area contributed by atoms with E-state index in [0.29, 0.717) is 13.0 Å². The van der Waals surface area contributed by atoms with Crippen molar-refractivity contribution in [2.45, 2.75) is 51.9 Å². The first-order chi connectivity index (χ1) is 9.26. The van der Waals surface area contributed by atoms with Gasteiger partial charge in [-0.2, -0.15) is 0 Å². The van der Waals surface area contributed by atoms with Gasteiger partial charge in [0, 0.05) is 13.0 Å². The van der Waals surface area contributed by atoms with E-state index in [9.17, 15) is 9.59 Å². The van der Waals surface area contributed by atoms with Gasteiger partial charge < -0.3 is 14.8 Å². The van der Waals surface area contributed by atoms with Gasteiger partial charge in [-0.25, -0.2) is 9.59 Å². The minimum Gasteiger partial charge on any atom is -0.444 e. The van der Waals surface area contributed by atoms with Crippen LogP contribution in [0.3, 0.4) is 0 Å². The molecule has 6 nitrogen and oxygen atoms in total. The van der Waals surface area contributed by atoms with Gasteiger partial charge in [0.1, 0.15) is 11.7 Å². The van der Waals surface area contributed by atoms with Crippen molar-refractivity contribution in [3.8, 4) is 12.3 Å². The fraction of sp³-hybridized carbons (Fsp3) is 0.714. The number of likely N-dealkylation sites (tertiary alicyclic amines) is 1. The molecule has 1 N–H and O–H groups in total. The molecule has 1 aliphatic rings. The van der Waals surface area contributed by atoms with Crippen LogP contribution in [0.4, 0.5) is 9.59 Å². The number of nitrogens with one attached hydrogen (secondary N) is 1. The van der Waals surface area contributed by atoms with Crippen LogP contribution in [0.25, 0.3) is 0 Å². The van der Waals surface area contributed by atoms with E-state index in [1.807, 2.05) is 0 Å². The lowest BCUT2D eigenvalue weighted by atomic mass is 10.2. The third-order valence-electron chi connectivity index (χ3n) is 2.68. The van der Waals surface area contributed by atoms with Crippen LogP contribution >= 0.6 is 0 Å². The monoisotopic (exact) mass is 282 g/mol. The summed E-state index contributed by atoms with van der Waals surface area (Å²) >= 11 is 0. The van der Waals surface area contributed by atoms with E-state index < -0.39 is 29.9 Å². The molecule has 6 heteroatoms. The first-order valence-corrected chi connectivity index (χ1v) is 6.67. The van der Waals surface area contributed by atoms with Crippen LogP contribution < -0.4 is 5.32 Å². The molecule has 1 heterocycles. The Balaban J connectivity index is 2.62. The summed E-state index contributed by atoms with van der Waals surface area (Å²) in [5, 5.41) is 2.54. The first-order valence-electron chi connectivity index (χ1n) is 6.67. The standard InChI is InChI=1S/C14H22N2O4/c1-6-10-8-11(19-12(17)15-7-2)9-16(10)13(18)20-14(3,4)5/h1,10-11H,7-9H2,2-5H3,(H,15,17)/t10-,11-/m0/s1. The molecule has 0 aromatic rings. The molecule has 0 spiro atoms. The van der Waals surface area contributed by atoms with Gasteiger partial charge >= 0.3 is 12.2 Å². The molecule has 2 amide bonds. The molecule has 1 saturated heterocycles. The number of ether oxygens (including phenoxy) is 2. The average molecular weight is 282 g/mol. The fourth-order valence-electron chi connectivity index (χ4n) is 1.90. The summed E-state index contributed by atoms with van der Waals surface area (Å²) in [6.07, 6.45) is 4.45. The Morgan fingerprint density at radius 2 is 2.10 bits per heavy atom. The maximum Gasteiger partial charge on any atom is 0.411 e. The fourth-order valence-corrected chi connectivity index (χ4v) is 1.90. The lowest BCUT2D eigenvalue weighted by molar-refractivity contribution is 0.0230. The second kappa shape index (κ2) is 6.51. The van der Waals surface area contributed by atoms with Crippen molar-refractivity contribution >= 4 is 12.2 Å². The van der Waals surface area contributed by atoms with Gasteiger partial charge in [0.2, 0.25) is 0 Å². The second-order valence-corrected chi connectivity index (χ2v) is 5.61. The number of amides is 2. The second-order valence-electron chi connectivity index (χ2n) is 5.61. The molecule has 1 fully saturated rings. The molecule has 0 aromatic carbocycles. The molecule has 0 aliphatic carbocycles. The van der Waals surface area contributed by atoms with Crippen molar-refractivity contribution in [1.82, 2.24) is 10.2 Å². The summed E-state index contributed by atoms with van der Waals surface area (Å²) in [6, 6.07) is -0.413. The van der Waals surface area contributed by atoms with Crippen LogP contribution in [0.5, 0.6) is 0 Å². The number of alkyl carbamates (subject to hydrolysis) is 1. The average Bonchev–Trinajstić information content (AvgIpc) is 2.70. The predicted molar refractivity (Wildman–Crippen MR) is 74.1 cm³/mol. The minimum absolute atomic E-state index is 0.251. The van der Waals surface area contributed by atoms with Gasteiger partial charge in [-0.15, -0.1) is 6.42 Å². The summed E-state index contributed by atoms with van der Waals surface area (Å²) < 4.78 is 10.5.